The van der Waals surface area contributed by atoms with E-state index in [4.69, 9.17) is 0 Å². The van der Waals surface area contributed by atoms with Gasteiger partial charge in [-0.05, 0) is 66.6 Å². The molecule has 2 atom stereocenters. The van der Waals surface area contributed by atoms with Crippen LogP contribution in [0.5, 0.6) is 5.75 Å². The molecule has 1 N–H and O–H groups in total. The highest BCUT2D eigenvalue weighted by molar-refractivity contribution is 6.05. The van der Waals surface area contributed by atoms with E-state index in [1.165, 1.54) is 30.3 Å². The van der Waals surface area contributed by atoms with E-state index in [1.807, 2.05) is 0 Å². The maximum atomic E-state index is 14.6. The number of nitrogens with one attached hydrogen (secondary N) is 1. The van der Waals surface area contributed by atoms with Crippen LogP contribution in [0.4, 0.5) is 35.1 Å². The first-order valence-corrected chi connectivity index (χ1v) is 13.6. The molecule has 1 heterocycles. The molecule has 0 spiro atoms. The van der Waals surface area contributed by atoms with Gasteiger partial charge in [-0.1, -0.05) is 42.5 Å². The van der Waals surface area contributed by atoms with E-state index in [9.17, 15) is 39.9 Å². The Bertz CT molecular complexity index is 1460. The number of nitrogens with zero attached hydrogens (tertiary/aromatic N) is 1. The largest absolute Gasteiger partial charge is 0.573 e. The molecule has 1 aliphatic carbocycles. The third-order valence-corrected chi connectivity index (χ3v) is 7.89. The van der Waals surface area contributed by atoms with Crippen LogP contribution in [-0.4, -0.2) is 30.2 Å². The molecule has 5 rings (SSSR count). The third kappa shape index (κ3) is 7.17. The van der Waals surface area contributed by atoms with Gasteiger partial charge >= 0.3 is 12.5 Å². The predicted octanol–water partition coefficient (Wildman–Crippen LogP) is 8.32. The molecule has 4 nitrogen and oxygen atoms in total. The smallest absolute Gasteiger partial charge is 0.406 e. The summed E-state index contributed by atoms with van der Waals surface area (Å²) in [6.07, 6.45) is -9.08. The van der Waals surface area contributed by atoms with Gasteiger partial charge in [0.15, 0.2) is 0 Å². The van der Waals surface area contributed by atoms with Gasteiger partial charge in [0.1, 0.15) is 17.4 Å². The van der Waals surface area contributed by atoms with Crippen LogP contribution in [0.15, 0.2) is 71.7 Å². The number of hydrogen-bond acceptors (Lipinski definition) is 3. The number of hydrogen-bond donors (Lipinski definition) is 1. The first kappa shape index (κ1) is 30.5. The molecule has 43 heavy (non-hydrogen) atoms. The molecule has 12 heteroatoms. The number of rotatable bonds is 6. The third-order valence-electron chi connectivity index (χ3n) is 7.89. The van der Waals surface area contributed by atoms with Gasteiger partial charge in [-0.15, -0.1) is 13.2 Å². The molecule has 3 aromatic rings. The fraction of sp³-hybridized carbons (Fsp3) is 0.355. The van der Waals surface area contributed by atoms with Gasteiger partial charge in [-0.2, -0.15) is 13.2 Å². The summed E-state index contributed by atoms with van der Waals surface area (Å²) in [5, 5.41) is 2.83. The average molecular weight is 611 g/mol. The van der Waals surface area contributed by atoms with Crippen molar-refractivity contribution in [2.24, 2.45) is 16.8 Å². The van der Waals surface area contributed by atoms with E-state index in [0.717, 1.165) is 12.1 Å². The van der Waals surface area contributed by atoms with Crippen molar-refractivity contribution >= 4 is 11.6 Å². The SMILES string of the molecule is O=C(NC1CCC(C(F)(F)F)CC1)C1CC(c2c(F)cccc2F)=NC1c1ccc(-c2ccc(OC(F)(F)F)cc2)cc1. The minimum atomic E-state index is -4.82. The molecule has 0 radical (unpaired) electrons. The number of alkyl halides is 6. The number of benzene rings is 3. The van der Waals surface area contributed by atoms with Crippen LogP contribution < -0.4 is 10.1 Å². The number of amides is 1. The monoisotopic (exact) mass is 610 g/mol. The van der Waals surface area contributed by atoms with Gasteiger partial charge in [0, 0.05) is 18.2 Å². The standard InChI is InChI=1S/C31H26F8N2O2/c32-24-2-1-3-25(33)27(24)26-16-23(29(42)40-21-12-10-20(11-13-21)30(34,35)36)28(41-26)19-6-4-17(5-7-19)18-8-14-22(15-9-18)43-31(37,38)39/h1-9,14-15,20-21,23,28H,10-13,16H2,(H,40,42). The maximum absolute atomic E-state index is 14.6. The quantitative estimate of drug-likeness (QED) is 0.286. The highest BCUT2D eigenvalue weighted by Gasteiger charge is 2.43. The molecule has 2 unspecified atom stereocenters. The highest BCUT2D eigenvalue weighted by Crippen LogP contribution is 2.40. The van der Waals surface area contributed by atoms with Crippen LogP contribution >= 0.6 is 0 Å². The second kappa shape index (κ2) is 12.0. The molecule has 1 amide bonds. The topological polar surface area (TPSA) is 50.7 Å². The molecule has 0 saturated heterocycles. The molecule has 1 aliphatic heterocycles. The van der Waals surface area contributed by atoms with Crippen LogP contribution in [0.2, 0.25) is 0 Å². The van der Waals surface area contributed by atoms with Gasteiger partial charge in [-0.25, -0.2) is 8.78 Å². The lowest BCUT2D eigenvalue weighted by atomic mass is 9.84. The van der Waals surface area contributed by atoms with Crippen LogP contribution in [-0.2, 0) is 4.79 Å². The Hall–Kier alpha value is -3.96. The summed E-state index contributed by atoms with van der Waals surface area (Å²) in [4.78, 5) is 18.0. The lowest BCUT2D eigenvalue weighted by molar-refractivity contribution is -0.274. The molecule has 2 aliphatic rings. The van der Waals surface area contributed by atoms with Gasteiger partial charge in [0.25, 0.3) is 0 Å². The van der Waals surface area contributed by atoms with Crippen molar-refractivity contribution in [3.63, 3.8) is 0 Å². The molecule has 1 fully saturated rings. The fourth-order valence-electron chi connectivity index (χ4n) is 5.71. The first-order valence-electron chi connectivity index (χ1n) is 13.6. The van der Waals surface area contributed by atoms with Gasteiger partial charge in [0.2, 0.25) is 5.91 Å². The maximum Gasteiger partial charge on any atom is 0.573 e. The Labute approximate surface area is 241 Å². The van der Waals surface area contributed by atoms with Crippen molar-refractivity contribution < 1.29 is 44.7 Å². The Morgan fingerprint density at radius 1 is 0.791 bits per heavy atom. The summed E-state index contributed by atoms with van der Waals surface area (Å²) >= 11 is 0. The summed E-state index contributed by atoms with van der Waals surface area (Å²) < 4.78 is 110. The predicted molar refractivity (Wildman–Crippen MR) is 142 cm³/mol. The van der Waals surface area contributed by atoms with Crippen molar-refractivity contribution in [1.82, 2.24) is 5.32 Å². The second-order valence-electron chi connectivity index (χ2n) is 10.7. The van der Waals surface area contributed by atoms with E-state index in [-0.39, 0.29) is 49.1 Å². The summed E-state index contributed by atoms with van der Waals surface area (Å²) in [5.74, 6) is -4.80. The van der Waals surface area contributed by atoms with Gasteiger partial charge < -0.3 is 10.1 Å². The Morgan fingerprint density at radius 3 is 1.88 bits per heavy atom. The Balaban J connectivity index is 1.37. The first-order chi connectivity index (χ1) is 20.3. The van der Waals surface area contributed by atoms with Crippen molar-refractivity contribution in [2.45, 2.75) is 56.7 Å². The second-order valence-corrected chi connectivity index (χ2v) is 10.7. The number of halogens is 8. The van der Waals surface area contributed by atoms with Crippen LogP contribution in [0, 0.1) is 23.5 Å². The highest BCUT2D eigenvalue weighted by atomic mass is 19.4. The van der Waals surface area contributed by atoms with Crippen LogP contribution in [0.1, 0.15) is 49.3 Å². The summed E-state index contributed by atoms with van der Waals surface area (Å²) in [6.45, 7) is 0. The summed E-state index contributed by atoms with van der Waals surface area (Å²) in [7, 11) is 0. The minimum absolute atomic E-state index is 0.0610. The van der Waals surface area contributed by atoms with Gasteiger partial charge in [-0.3, -0.25) is 9.79 Å². The number of carbonyl (C=O) groups is 1. The van der Waals surface area contributed by atoms with E-state index >= 15 is 0 Å². The zero-order chi connectivity index (χ0) is 30.9. The zero-order valence-corrected chi connectivity index (χ0v) is 22.5. The molecule has 1 saturated carbocycles. The normalized spacial score (nSPS) is 22.7. The Morgan fingerprint density at radius 2 is 1.35 bits per heavy atom. The molecule has 0 aromatic heterocycles. The number of carbonyl (C=O) groups excluding carboxylic acids is 1. The van der Waals surface area contributed by atoms with Gasteiger partial charge in [0.05, 0.1) is 23.4 Å². The molecule has 0 bridgehead atoms. The van der Waals surface area contributed by atoms with Crippen molar-refractivity contribution in [2.75, 3.05) is 0 Å². The van der Waals surface area contributed by atoms with E-state index in [2.05, 4.69) is 15.0 Å². The van der Waals surface area contributed by atoms with E-state index in [1.54, 1.807) is 24.3 Å². The van der Waals surface area contributed by atoms with Crippen LogP contribution in [0.25, 0.3) is 11.1 Å². The van der Waals surface area contributed by atoms with Crippen molar-refractivity contribution in [1.29, 1.82) is 0 Å². The fourth-order valence-corrected chi connectivity index (χ4v) is 5.71. The summed E-state index contributed by atoms with van der Waals surface area (Å²) in [5.41, 5.74) is 1.51. The zero-order valence-electron chi connectivity index (χ0n) is 22.5. The number of ether oxygens (including phenoxy) is 1. The number of aliphatic imine (C=N–C) groups is 1. The lowest BCUT2D eigenvalue weighted by Crippen LogP contribution is -2.43. The molecular weight excluding hydrogens is 584 g/mol. The van der Waals surface area contributed by atoms with Crippen LogP contribution in [0.3, 0.4) is 0 Å². The molecule has 228 valence electrons. The van der Waals surface area contributed by atoms with Crippen molar-refractivity contribution in [3.8, 4) is 16.9 Å². The minimum Gasteiger partial charge on any atom is -0.406 e. The summed E-state index contributed by atoms with van der Waals surface area (Å²) in [6, 6.07) is 14.0. The average Bonchev–Trinajstić information content (AvgIpc) is 3.38. The lowest BCUT2D eigenvalue weighted by Gasteiger charge is -2.31. The van der Waals surface area contributed by atoms with E-state index in [0.29, 0.717) is 16.7 Å². The van der Waals surface area contributed by atoms with E-state index < -0.39 is 54.0 Å². The molecule has 3 aromatic carbocycles. The van der Waals surface area contributed by atoms with Crippen molar-refractivity contribution in [3.05, 3.63) is 89.5 Å². The molecular formula is C31H26F8N2O2. The Kier molecular flexibility index (Phi) is 8.49.